The molecule has 0 aliphatic carbocycles. The zero-order valence-corrected chi connectivity index (χ0v) is 11.5. The Labute approximate surface area is 119 Å². The lowest BCUT2D eigenvalue weighted by Gasteiger charge is -2.15. The first-order valence-electron chi connectivity index (χ1n) is 5.93. The molecule has 0 aliphatic heterocycles. The van der Waals surface area contributed by atoms with Gasteiger partial charge < -0.3 is 15.6 Å². The molecule has 19 heavy (non-hydrogen) atoms. The minimum absolute atomic E-state index is 0. The normalized spacial score (nSPS) is 13.2. The van der Waals surface area contributed by atoms with Gasteiger partial charge in [-0.15, -0.1) is 12.4 Å². The Kier molecular flexibility index (Phi) is 5.83. The molecule has 102 valence electrons. The van der Waals surface area contributed by atoms with E-state index in [1.807, 2.05) is 54.6 Å². The third-order valence-corrected chi connectivity index (χ3v) is 2.76. The van der Waals surface area contributed by atoms with E-state index in [1.54, 1.807) is 6.92 Å². The average Bonchev–Trinajstić information content (AvgIpc) is 2.40. The number of benzene rings is 2. The molecular formula is C15H18ClNO2. The Morgan fingerprint density at radius 1 is 0.947 bits per heavy atom. The molecule has 0 unspecified atom stereocenters. The van der Waals surface area contributed by atoms with Gasteiger partial charge in [-0.2, -0.15) is 0 Å². The largest absolute Gasteiger partial charge is 0.457 e. The fraction of sp³-hybridized carbons (Fsp3) is 0.200. The predicted octanol–water partition coefficient (Wildman–Crippen LogP) is 3.28. The van der Waals surface area contributed by atoms with Crippen molar-refractivity contribution in [2.45, 2.75) is 19.1 Å². The standard InChI is InChI=1S/C15H17NO2.ClH/c1-11(17)15(16)12-7-9-14(10-8-12)18-13-5-3-2-4-6-13;/h2-11,15,17H,16H2,1H3;1H/t11-,15-;/m0./s1. The smallest absolute Gasteiger partial charge is 0.127 e. The summed E-state index contributed by atoms with van der Waals surface area (Å²) in [4.78, 5) is 0. The molecular weight excluding hydrogens is 262 g/mol. The van der Waals surface area contributed by atoms with Crippen LogP contribution < -0.4 is 10.5 Å². The summed E-state index contributed by atoms with van der Waals surface area (Å²) in [6, 6.07) is 16.7. The van der Waals surface area contributed by atoms with Crippen molar-refractivity contribution < 1.29 is 9.84 Å². The van der Waals surface area contributed by atoms with Gasteiger partial charge in [-0.3, -0.25) is 0 Å². The Bertz CT molecular complexity index is 485. The van der Waals surface area contributed by atoms with E-state index in [9.17, 15) is 5.11 Å². The molecule has 0 aromatic heterocycles. The lowest BCUT2D eigenvalue weighted by Crippen LogP contribution is -2.22. The molecule has 2 aromatic rings. The van der Waals surface area contributed by atoms with Crippen molar-refractivity contribution in [3.8, 4) is 11.5 Å². The second-order valence-electron chi connectivity index (χ2n) is 4.25. The lowest BCUT2D eigenvalue weighted by molar-refractivity contribution is 0.164. The molecule has 3 N–H and O–H groups in total. The summed E-state index contributed by atoms with van der Waals surface area (Å²) in [5.74, 6) is 1.55. The Balaban J connectivity index is 0.00000180. The van der Waals surface area contributed by atoms with Crippen LogP contribution in [-0.4, -0.2) is 11.2 Å². The van der Waals surface area contributed by atoms with Gasteiger partial charge in [-0.25, -0.2) is 0 Å². The number of para-hydroxylation sites is 1. The highest BCUT2D eigenvalue weighted by molar-refractivity contribution is 5.85. The van der Waals surface area contributed by atoms with Crippen LogP contribution in [0.5, 0.6) is 11.5 Å². The fourth-order valence-corrected chi connectivity index (χ4v) is 1.66. The van der Waals surface area contributed by atoms with Crippen LogP contribution >= 0.6 is 12.4 Å². The number of nitrogens with two attached hydrogens (primary N) is 1. The van der Waals surface area contributed by atoms with Crippen LogP contribution in [0.25, 0.3) is 0 Å². The Hall–Kier alpha value is -1.55. The van der Waals surface area contributed by atoms with Crippen molar-refractivity contribution in [2.24, 2.45) is 5.73 Å². The van der Waals surface area contributed by atoms with Crippen LogP contribution in [0.2, 0.25) is 0 Å². The van der Waals surface area contributed by atoms with Gasteiger partial charge in [0.05, 0.1) is 12.1 Å². The van der Waals surface area contributed by atoms with Crippen LogP contribution in [0.1, 0.15) is 18.5 Å². The van der Waals surface area contributed by atoms with E-state index in [1.165, 1.54) is 0 Å². The molecule has 0 saturated carbocycles. The maximum absolute atomic E-state index is 9.42. The summed E-state index contributed by atoms with van der Waals surface area (Å²) in [6.07, 6.45) is -0.564. The van der Waals surface area contributed by atoms with Gasteiger partial charge in [-0.05, 0) is 36.8 Å². The van der Waals surface area contributed by atoms with Gasteiger partial charge in [0.1, 0.15) is 11.5 Å². The molecule has 0 saturated heterocycles. The van der Waals surface area contributed by atoms with Crippen molar-refractivity contribution in [1.29, 1.82) is 0 Å². The molecule has 0 bridgehead atoms. The van der Waals surface area contributed by atoms with E-state index < -0.39 is 6.10 Å². The van der Waals surface area contributed by atoms with Crippen molar-refractivity contribution in [3.05, 3.63) is 60.2 Å². The molecule has 2 atom stereocenters. The zero-order valence-electron chi connectivity index (χ0n) is 10.7. The highest BCUT2D eigenvalue weighted by Gasteiger charge is 2.11. The van der Waals surface area contributed by atoms with Crippen LogP contribution in [0.15, 0.2) is 54.6 Å². The van der Waals surface area contributed by atoms with E-state index >= 15 is 0 Å². The van der Waals surface area contributed by atoms with Crippen LogP contribution in [-0.2, 0) is 0 Å². The summed E-state index contributed by atoms with van der Waals surface area (Å²) in [6.45, 7) is 1.68. The zero-order chi connectivity index (χ0) is 13.0. The second-order valence-corrected chi connectivity index (χ2v) is 4.25. The number of rotatable bonds is 4. The number of ether oxygens (including phenoxy) is 1. The number of halogens is 1. The quantitative estimate of drug-likeness (QED) is 0.903. The Morgan fingerprint density at radius 3 is 2.00 bits per heavy atom. The highest BCUT2D eigenvalue weighted by Crippen LogP contribution is 2.23. The van der Waals surface area contributed by atoms with Crippen molar-refractivity contribution in [3.63, 3.8) is 0 Å². The molecule has 0 radical (unpaired) electrons. The molecule has 2 rings (SSSR count). The van der Waals surface area contributed by atoms with Crippen LogP contribution in [0.4, 0.5) is 0 Å². The third kappa shape index (κ3) is 4.24. The highest BCUT2D eigenvalue weighted by atomic mass is 35.5. The number of aliphatic hydroxyl groups excluding tert-OH is 1. The molecule has 2 aromatic carbocycles. The number of aliphatic hydroxyl groups is 1. The lowest BCUT2D eigenvalue weighted by atomic mass is 10.0. The van der Waals surface area contributed by atoms with E-state index in [0.29, 0.717) is 0 Å². The first kappa shape index (κ1) is 15.5. The molecule has 0 aliphatic rings. The maximum atomic E-state index is 9.42. The van der Waals surface area contributed by atoms with Gasteiger partial charge in [0, 0.05) is 0 Å². The van der Waals surface area contributed by atoms with Crippen molar-refractivity contribution in [2.75, 3.05) is 0 Å². The molecule has 0 amide bonds. The van der Waals surface area contributed by atoms with Crippen molar-refractivity contribution in [1.82, 2.24) is 0 Å². The summed E-state index contributed by atoms with van der Waals surface area (Å²) in [5.41, 5.74) is 6.74. The first-order valence-corrected chi connectivity index (χ1v) is 5.93. The van der Waals surface area contributed by atoms with Gasteiger partial charge in [-0.1, -0.05) is 30.3 Å². The number of hydrogen-bond acceptors (Lipinski definition) is 3. The SMILES string of the molecule is C[C@H](O)[C@H](N)c1ccc(Oc2ccccc2)cc1.Cl. The summed E-state index contributed by atoms with van der Waals surface area (Å²) in [5, 5.41) is 9.42. The molecule has 0 spiro atoms. The van der Waals surface area contributed by atoms with E-state index in [4.69, 9.17) is 10.5 Å². The minimum Gasteiger partial charge on any atom is -0.457 e. The maximum Gasteiger partial charge on any atom is 0.127 e. The van der Waals surface area contributed by atoms with Gasteiger partial charge in [0.15, 0.2) is 0 Å². The molecule has 4 heteroatoms. The molecule has 3 nitrogen and oxygen atoms in total. The molecule has 0 fully saturated rings. The van der Waals surface area contributed by atoms with Crippen molar-refractivity contribution >= 4 is 12.4 Å². The topological polar surface area (TPSA) is 55.5 Å². The van der Waals surface area contributed by atoms with E-state index in [2.05, 4.69) is 0 Å². The molecule has 0 heterocycles. The monoisotopic (exact) mass is 279 g/mol. The third-order valence-electron chi connectivity index (χ3n) is 2.76. The summed E-state index contributed by atoms with van der Waals surface area (Å²) in [7, 11) is 0. The van der Waals surface area contributed by atoms with Gasteiger partial charge in [0.25, 0.3) is 0 Å². The summed E-state index contributed by atoms with van der Waals surface area (Å²) >= 11 is 0. The Morgan fingerprint density at radius 2 is 1.47 bits per heavy atom. The van der Waals surface area contributed by atoms with Gasteiger partial charge in [0.2, 0.25) is 0 Å². The summed E-state index contributed by atoms with van der Waals surface area (Å²) < 4.78 is 5.67. The van der Waals surface area contributed by atoms with E-state index in [-0.39, 0.29) is 18.4 Å². The second kappa shape index (κ2) is 7.14. The first-order chi connectivity index (χ1) is 8.66. The van der Waals surface area contributed by atoms with E-state index in [0.717, 1.165) is 17.1 Å². The predicted molar refractivity (Wildman–Crippen MR) is 78.8 cm³/mol. The van der Waals surface area contributed by atoms with Gasteiger partial charge >= 0.3 is 0 Å². The fourth-order valence-electron chi connectivity index (χ4n) is 1.66. The number of hydrogen-bond donors (Lipinski definition) is 2. The minimum atomic E-state index is -0.564. The van der Waals surface area contributed by atoms with Crippen LogP contribution in [0.3, 0.4) is 0 Å². The average molecular weight is 280 g/mol. The van der Waals surface area contributed by atoms with Crippen LogP contribution in [0, 0.1) is 0 Å².